The van der Waals surface area contributed by atoms with Crippen LogP contribution in [0, 0.1) is 11.8 Å². The molecule has 2 heterocycles. The topological polar surface area (TPSA) is 95.0 Å². The Morgan fingerprint density at radius 1 is 1.29 bits per heavy atom. The van der Waals surface area contributed by atoms with Gasteiger partial charge in [0.15, 0.2) is 5.75 Å². The zero-order chi connectivity index (χ0) is 24.2. The number of hydrogen-bond donors (Lipinski definition) is 2. The standard InChI is InChI=1S/C26H34N4O4/c1-17-13-30(18(2)16-31)26(33)21-5-4-6-22(28-25(32)20-7-8-20)24(21)34-23(17)15-29(3)14-19-9-11-27-12-10-19/h4-6,9-12,17-18,20,23,31H,7-8,13-16H2,1-3H3,(H,28,32)/t17-,18+,23-/m0/s1. The van der Waals surface area contributed by atoms with Gasteiger partial charge in [0.25, 0.3) is 5.91 Å². The molecule has 34 heavy (non-hydrogen) atoms. The van der Waals surface area contributed by atoms with Crippen molar-refractivity contribution in [1.29, 1.82) is 0 Å². The molecule has 0 unspecified atom stereocenters. The van der Waals surface area contributed by atoms with E-state index in [2.05, 4.69) is 22.1 Å². The second-order valence-electron chi connectivity index (χ2n) is 9.62. The Balaban J connectivity index is 1.64. The van der Waals surface area contributed by atoms with Crippen LogP contribution in [0.5, 0.6) is 5.75 Å². The van der Waals surface area contributed by atoms with E-state index in [-0.39, 0.29) is 42.4 Å². The summed E-state index contributed by atoms with van der Waals surface area (Å²) in [5.41, 5.74) is 2.08. The predicted molar refractivity (Wildman–Crippen MR) is 130 cm³/mol. The molecule has 0 bridgehead atoms. The molecule has 1 aromatic heterocycles. The number of likely N-dealkylation sites (N-methyl/N-ethyl adjacent to an activating group) is 1. The molecule has 0 radical (unpaired) electrons. The van der Waals surface area contributed by atoms with Crippen LogP contribution in [-0.4, -0.2) is 70.6 Å². The minimum absolute atomic E-state index is 0.00169. The van der Waals surface area contributed by atoms with Gasteiger partial charge < -0.3 is 20.1 Å². The fourth-order valence-electron chi connectivity index (χ4n) is 4.31. The molecule has 1 aromatic carbocycles. The molecular weight excluding hydrogens is 432 g/mol. The minimum atomic E-state index is -0.333. The summed E-state index contributed by atoms with van der Waals surface area (Å²) >= 11 is 0. The third-order valence-corrected chi connectivity index (χ3v) is 6.59. The first-order chi connectivity index (χ1) is 16.4. The number of nitrogens with one attached hydrogen (secondary N) is 1. The van der Waals surface area contributed by atoms with Crippen molar-refractivity contribution in [3.05, 3.63) is 53.9 Å². The van der Waals surface area contributed by atoms with Gasteiger partial charge in [-0.15, -0.1) is 0 Å². The van der Waals surface area contributed by atoms with Crippen LogP contribution in [-0.2, 0) is 11.3 Å². The van der Waals surface area contributed by atoms with E-state index < -0.39 is 0 Å². The molecule has 2 amide bonds. The smallest absolute Gasteiger partial charge is 0.258 e. The number of hydrogen-bond acceptors (Lipinski definition) is 6. The number of pyridine rings is 1. The molecule has 1 saturated carbocycles. The van der Waals surface area contributed by atoms with E-state index in [1.807, 2.05) is 26.1 Å². The van der Waals surface area contributed by atoms with Crippen molar-refractivity contribution in [2.24, 2.45) is 11.8 Å². The number of carbonyl (C=O) groups excluding carboxylic acids is 2. The van der Waals surface area contributed by atoms with Gasteiger partial charge >= 0.3 is 0 Å². The number of fused-ring (bicyclic) bond motifs is 1. The lowest BCUT2D eigenvalue weighted by atomic mass is 9.98. The van der Waals surface area contributed by atoms with Crippen molar-refractivity contribution in [2.45, 2.75) is 45.4 Å². The lowest BCUT2D eigenvalue weighted by molar-refractivity contribution is -0.117. The molecule has 3 atom stereocenters. The number of nitrogens with zero attached hydrogens (tertiary/aromatic N) is 3. The van der Waals surface area contributed by atoms with Gasteiger partial charge in [-0.3, -0.25) is 19.5 Å². The number of amides is 2. The van der Waals surface area contributed by atoms with Crippen molar-refractivity contribution in [1.82, 2.24) is 14.8 Å². The summed E-state index contributed by atoms with van der Waals surface area (Å²) in [5.74, 6) is 0.205. The maximum atomic E-state index is 13.5. The summed E-state index contributed by atoms with van der Waals surface area (Å²) in [6, 6.07) is 8.93. The molecular formula is C26H34N4O4. The van der Waals surface area contributed by atoms with Gasteiger partial charge in [-0.2, -0.15) is 0 Å². The van der Waals surface area contributed by atoms with Gasteiger partial charge in [0.2, 0.25) is 5.91 Å². The molecule has 1 aliphatic carbocycles. The highest BCUT2D eigenvalue weighted by molar-refractivity contribution is 6.02. The SMILES string of the molecule is C[C@H](CO)N1C[C@H](C)[C@H](CN(C)Cc2ccncc2)Oc2c(NC(=O)C3CC3)cccc2C1=O. The van der Waals surface area contributed by atoms with Crippen LogP contribution >= 0.6 is 0 Å². The first-order valence-electron chi connectivity index (χ1n) is 12.0. The number of aliphatic hydroxyl groups excluding tert-OH is 1. The molecule has 2 aliphatic rings. The van der Waals surface area contributed by atoms with Crippen molar-refractivity contribution < 1.29 is 19.4 Å². The number of ether oxygens (including phenoxy) is 1. The first kappa shape index (κ1) is 24.2. The molecule has 1 fully saturated rings. The van der Waals surface area contributed by atoms with E-state index in [1.165, 1.54) is 0 Å². The van der Waals surface area contributed by atoms with Gasteiger partial charge in [-0.1, -0.05) is 13.0 Å². The van der Waals surface area contributed by atoms with Gasteiger partial charge in [0, 0.05) is 43.9 Å². The highest BCUT2D eigenvalue weighted by Crippen LogP contribution is 2.37. The normalized spacial score (nSPS) is 21.3. The van der Waals surface area contributed by atoms with E-state index >= 15 is 0 Å². The molecule has 1 aliphatic heterocycles. The fourth-order valence-corrected chi connectivity index (χ4v) is 4.31. The number of carbonyl (C=O) groups is 2. The number of para-hydroxylation sites is 1. The Kier molecular flexibility index (Phi) is 7.48. The first-order valence-corrected chi connectivity index (χ1v) is 12.0. The molecule has 0 spiro atoms. The average molecular weight is 467 g/mol. The zero-order valence-electron chi connectivity index (χ0n) is 20.1. The summed E-state index contributed by atoms with van der Waals surface area (Å²) in [7, 11) is 2.04. The van der Waals surface area contributed by atoms with Crippen LogP contribution < -0.4 is 10.1 Å². The highest BCUT2D eigenvalue weighted by atomic mass is 16.5. The van der Waals surface area contributed by atoms with Crippen molar-refractivity contribution >= 4 is 17.5 Å². The van der Waals surface area contributed by atoms with Crippen LogP contribution in [0.15, 0.2) is 42.7 Å². The third-order valence-electron chi connectivity index (χ3n) is 6.59. The number of benzene rings is 1. The minimum Gasteiger partial charge on any atom is -0.486 e. The van der Waals surface area contributed by atoms with Crippen LogP contribution in [0.3, 0.4) is 0 Å². The van der Waals surface area contributed by atoms with Gasteiger partial charge in [-0.05, 0) is 56.6 Å². The summed E-state index contributed by atoms with van der Waals surface area (Å²) < 4.78 is 6.54. The summed E-state index contributed by atoms with van der Waals surface area (Å²) in [5, 5.41) is 12.8. The maximum Gasteiger partial charge on any atom is 0.258 e. The quantitative estimate of drug-likeness (QED) is 0.621. The zero-order valence-corrected chi connectivity index (χ0v) is 20.1. The Morgan fingerprint density at radius 2 is 2.03 bits per heavy atom. The average Bonchev–Trinajstić information content (AvgIpc) is 3.67. The Morgan fingerprint density at radius 3 is 2.71 bits per heavy atom. The van der Waals surface area contributed by atoms with E-state index in [4.69, 9.17) is 4.74 Å². The van der Waals surface area contributed by atoms with Gasteiger partial charge in [-0.25, -0.2) is 0 Å². The summed E-state index contributed by atoms with van der Waals surface area (Å²) in [6.45, 7) is 5.61. The number of anilines is 1. The van der Waals surface area contributed by atoms with Crippen LogP contribution in [0.2, 0.25) is 0 Å². The van der Waals surface area contributed by atoms with E-state index in [0.29, 0.717) is 30.1 Å². The van der Waals surface area contributed by atoms with Crippen molar-refractivity contribution in [3.8, 4) is 5.75 Å². The lowest BCUT2D eigenvalue weighted by Gasteiger charge is -2.38. The van der Waals surface area contributed by atoms with E-state index in [9.17, 15) is 14.7 Å². The molecule has 2 aromatic rings. The summed E-state index contributed by atoms with van der Waals surface area (Å²) in [6.07, 6.45) is 5.11. The number of aliphatic hydroxyl groups is 1. The van der Waals surface area contributed by atoms with E-state index in [1.54, 1.807) is 35.5 Å². The molecule has 2 N–H and O–H groups in total. The second kappa shape index (κ2) is 10.5. The third kappa shape index (κ3) is 5.56. The van der Waals surface area contributed by atoms with E-state index in [0.717, 1.165) is 24.9 Å². The molecule has 8 heteroatoms. The predicted octanol–water partition coefficient (Wildman–Crippen LogP) is 2.78. The monoisotopic (exact) mass is 466 g/mol. The summed E-state index contributed by atoms with van der Waals surface area (Å²) in [4.78, 5) is 34.0. The Hall–Kier alpha value is -2.97. The van der Waals surface area contributed by atoms with Gasteiger partial charge in [0.05, 0.1) is 23.9 Å². The van der Waals surface area contributed by atoms with Crippen LogP contribution in [0.1, 0.15) is 42.6 Å². The molecule has 0 saturated heterocycles. The molecule has 182 valence electrons. The molecule has 4 rings (SSSR count). The largest absolute Gasteiger partial charge is 0.486 e. The second-order valence-corrected chi connectivity index (χ2v) is 9.62. The number of aromatic nitrogens is 1. The Labute approximate surface area is 200 Å². The fraction of sp³-hybridized carbons (Fsp3) is 0.500. The lowest BCUT2D eigenvalue weighted by Crippen LogP contribution is -2.49. The van der Waals surface area contributed by atoms with Crippen LogP contribution in [0.4, 0.5) is 5.69 Å². The van der Waals surface area contributed by atoms with Crippen molar-refractivity contribution in [3.63, 3.8) is 0 Å². The Bertz CT molecular complexity index is 1010. The maximum absolute atomic E-state index is 13.5. The van der Waals surface area contributed by atoms with Crippen LogP contribution in [0.25, 0.3) is 0 Å². The number of rotatable bonds is 8. The molecule has 8 nitrogen and oxygen atoms in total. The highest BCUT2D eigenvalue weighted by Gasteiger charge is 2.35. The van der Waals surface area contributed by atoms with Gasteiger partial charge in [0.1, 0.15) is 6.10 Å². The van der Waals surface area contributed by atoms with Crippen molar-refractivity contribution in [2.75, 3.05) is 32.1 Å².